The summed E-state index contributed by atoms with van der Waals surface area (Å²) in [5, 5.41) is 13.1. The molecule has 40 heavy (non-hydrogen) atoms. The van der Waals surface area contributed by atoms with Gasteiger partial charge in [0.15, 0.2) is 5.78 Å². The molecule has 0 aliphatic rings. The van der Waals surface area contributed by atoms with Crippen LogP contribution in [-0.2, 0) is 17.5 Å². The molecule has 0 saturated heterocycles. The van der Waals surface area contributed by atoms with Gasteiger partial charge in [0, 0.05) is 46.2 Å². The van der Waals surface area contributed by atoms with Crippen molar-refractivity contribution < 1.29 is 27.9 Å². The number of benzene rings is 4. The highest BCUT2D eigenvalue weighted by atomic mass is 35.5. The van der Waals surface area contributed by atoms with Gasteiger partial charge in [-0.1, -0.05) is 71.7 Å². The van der Waals surface area contributed by atoms with Gasteiger partial charge in [-0.3, -0.25) is 9.59 Å². The highest BCUT2D eigenvalue weighted by Gasteiger charge is 2.31. The zero-order valence-electron chi connectivity index (χ0n) is 21.1. The summed E-state index contributed by atoms with van der Waals surface area (Å²) in [5.41, 5.74) is 3.63. The van der Waals surface area contributed by atoms with E-state index in [1.807, 2.05) is 30.3 Å². The summed E-state index contributed by atoms with van der Waals surface area (Å²) in [7, 11) is 0. The fourth-order valence-electron chi connectivity index (χ4n) is 4.24. The van der Waals surface area contributed by atoms with Crippen molar-refractivity contribution in [2.24, 2.45) is 0 Å². The lowest BCUT2D eigenvalue weighted by atomic mass is 9.95. The van der Waals surface area contributed by atoms with Crippen LogP contribution in [0.4, 0.5) is 18.9 Å². The van der Waals surface area contributed by atoms with Gasteiger partial charge in [-0.15, -0.1) is 0 Å². The second kappa shape index (κ2) is 12.6. The summed E-state index contributed by atoms with van der Waals surface area (Å²) < 4.78 is 40.6. The predicted molar refractivity (Wildman–Crippen MR) is 152 cm³/mol. The van der Waals surface area contributed by atoms with E-state index in [0.717, 1.165) is 28.9 Å². The zero-order valence-corrected chi connectivity index (χ0v) is 22.6. The van der Waals surface area contributed by atoms with Crippen molar-refractivity contribution in [3.8, 4) is 22.3 Å². The molecule has 0 unspecified atom stereocenters. The molecule has 9 heteroatoms. The van der Waals surface area contributed by atoms with Crippen molar-refractivity contribution in [1.29, 1.82) is 0 Å². The molecule has 206 valence electrons. The number of Topliss-reactive ketones (excluding diaryl/α,β-unsaturated/α-hetero) is 1. The van der Waals surface area contributed by atoms with Crippen LogP contribution in [0.5, 0.6) is 0 Å². The summed E-state index contributed by atoms with van der Waals surface area (Å²) in [6.07, 6.45) is -4.33. The largest absolute Gasteiger partial charge is 0.481 e. The van der Waals surface area contributed by atoms with Crippen molar-refractivity contribution in [3.63, 3.8) is 0 Å². The standard InChI is InChI=1S/C31H24Cl2F3NO3/c32-24-12-15-26(28(33)17-24)19-9-13-25(14-10-19)37-18-22-8-11-23(31(34,35)36)16-27(22)20-4-6-21(7-5-20)29(38)2-1-3-30(39)40/h4-17,37H,1-3,18H2,(H,39,40). The summed E-state index contributed by atoms with van der Waals surface area (Å²) in [6.45, 7) is 0.254. The van der Waals surface area contributed by atoms with Gasteiger partial charge < -0.3 is 10.4 Å². The van der Waals surface area contributed by atoms with E-state index in [0.29, 0.717) is 32.3 Å². The monoisotopic (exact) mass is 585 g/mol. The molecule has 4 rings (SSSR count). The molecule has 0 aromatic heterocycles. The van der Waals surface area contributed by atoms with Crippen LogP contribution in [0.3, 0.4) is 0 Å². The molecular formula is C31H24Cl2F3NO3. The third kappa shape index (κ3) is 7.43. The minimum absolute atomic E-state index is 0.0768. The molecule has 0 amide bonds. The Morgan fingerprint density at radius 1 is 0.775 bits per heavy atom. The van der Waals surface area contributed by atoms with E-state index in [1.54, 1.807) is 36.4 Å². The van der Waals surface area contributed by atoms with Crippen LogP contribution in [0, 0.1) is 0 Å². The Morgan fingerprint density at radius 2 is 1.43 bits per heavy atom. The first-order valence-electron chi connectivity index (χ1n) is 12.4. The van der Waals surface area contributed by atoms with E-state index < -0.39 is 17.7 Å². The van der Waals surface area contributed by atoms with Crippen LogP contribution in [0.1, 0.15) is 40.7 Å². The van der Waals surface area contributed by atoms with Crippen molar-refractivity contribution in [1.82, 2.24) is 0 Å². The third-order valence-corrected chi connectivity index (χ3v) is 6.91. The van der Waals surface area contributed by atoms with Gasteiger partial charge in [-0.25, -0.2) is 0 Å². The molecule has 0 bridgehead atoms. The van der Waals surface area contributed by atoms with E-state index in [4.69, 9.17) is 28.3 Å². The van der Waals surface area contributed by atoms with Gasteiger partial charge in [0.1, 0.15) is 0 Å². The van der Waals surface area contributed by atoms with Gasteiger partial charge >= 0.3 is 12.1 Å². The molecule has 0 saturated carbocycles. The lowest BCUT2D eigenvalue weighted by molar-refractivity contribution is -0.138. The van der Waals surface area contributed by atoms with E-state index >= 15 is 0 Å². The third-order valence-electron chi connectivity index (χ3n) is 6.36. The maximum atomic E-state index is 13.5. The molecule has 0 aliphatic heterocycles. The fraction of sp³-hybridized carbons (Fsp3) is 0.161. The normalized spacial score (nSPS) is 11.3. The van der Waals surface area contributed by atoms with Crippen LogP contribution >= 0.6 is 23.2 Å². The average molecular weight is 586 g/mol. The maximum Gasteiger partial charge on any atom is 0.416 e. The topological polar surface area (TPSA) is 66.4 Å². The lowest BCUT2D eigenvalue weighted by Gasteiger charge is -2.16. The Labute approximate surface area is 239 Å². The smallest absolute Gasteiger partial charge is 0.416 e. The number of hydrogen-bond donors (Lipinski definition) is 2. The number of anilines is 1. The summed E-state index contributed by atoms with van der Waals surface area (Å²) in [6, 6.07) is 22.6. The summed E-state index contributed by atoms with van der Waals surface area (Å²) >= 11 is 12.3. The van der Waals surface area contributed by atoms with E-state index in [1.165, 1.54) is 6.07 Å². The molecule has 0 heterocycles. The number of ketones is 1. The molecule has 2 N–H and O–H groups in total. The Bertz CT molecular complexity index is 1520. The highest BCUT2D eigenvalue weighted by molar-refractivity contribution is 6.36. The van der Waals surface area contributed by atoms with Crippen LogP contribution in [0.2, 0.25) is 10.0 Å². The zero-order chi connectivity index (χ0) is 28.9. The first-order valence-corrected chi connectivity index (χ1v) is 13.1. The molecule has 4 aromatic rings. The molecule has 0 fully saturated rings. The van der Waals surface area contributed by atoms with Gasteiger partial charge in [0.05, 0.1) is 5.56 Å². The number of rotatable bonds is 10. The number of carbonyl (C=O) groups is 2. The van der Waals surface area contributed by atoms with Crippen LogP contribution < -0.4 is 5.32 Å². The summed E-state index contributed by atoms with van der Waals surface area (Å²) in [4.78, 5) is 23.1. The van der Waals surface area contributed by atoms with Crippen LogP contribution in [-0.4, -0.2) is 16.9 Å². The SMILES string of the molecule is O=C(O)CCCC(=O)c1ccc(-c2cc(C(F)(F)F)ccc2CNc2ccc(-c3ccc(Cl)cc3Cl)cc2)cc1. The van der Waals surface area contributed by atoms with Crippen molar-refractivity contribution in [2.45, 2.75) is 32.0 Å². The second-order valence-electron chi connectivity index (χ2n) is 9.17. The molecular weight excluding hydrogens is 562 g/mol. The van der Waals surface area contributed by atoms with Crippen LogP contribution in [0.15, 0.2) is 84.9 Å². The summed E-state index contributed by atoms with van der Waals surface area (Å²) in [5.74, 6) is -1.20. The van der Waals surface area contributed by atoms with E-state index in [2.05, 4.69) is 5.32 Å². The predicted octanol–water partition coefficient (Wildman–Crippen LogP) is 9.40. The Hall–Kier alpha value is -3.81. The number of aliphatic carboxylic acids is 1. The van der Waals surface area contributed by atoms with Gasteiger partial charge in [-0.05, 0) is 65.1 Å². The minimum Gasteiger partial charge on any atom is -0.481 e. The number of alkyl halides is 3. The molecule has 4 nitrogen and oxygen atoms in total. The van der Waals surface area contributed by atoms with E-state index in [-0.39, 0.29) is 31.6 Å². The molecule has 0 aliphatic carbocycles. The number of hydrogen-bond acceptors (Lipinski definition) is 3. The minimum atomic E-state index is -4.51. The van der Waals surface area contributed by atoms with Crippen LogP contribution in [0.25, 0.3) is 22.3 Å². The highest BCUT2D eigenvalue weighted by Crippen LogP contribution is 2.35. The fourth-order valence-corrected chi connectivity index (χ4v) is 4.76. The molecule has 0 spiro atoms. The number of nitrogens with one attached hydrogen (secondary N) is 1. The van der Waals surface area contributed by atoms with Gasteiger partial charge in [0.2, 0.25) is 0 Å². The maximum absolute atomic E-state index is 13.5. The lowest BCUT2D eigenvalue weighted by Crippen LogP contribution is -2.08. The molecule has 0 atom stereocenters. The quantitative estimate of drug-likeness (QED) is 0.182. The number of halogens is 5. The van der Waals surface area contributed by atoms with Gasteiger partial charge in [0.25, 0.3) is 0 Å². The molecule has 4 aromatic carbocycles. The van der Waals surface area contributed by atoms with E-state index in [9.17, 15) is 22.8 Å². The number of carbonyl (C=O) groups excluding carboxylic acids is 1. The van der Waals surface area contributed by atoms with Gasteiger partial charge in [-0.2, -0.15) is 13.2 Å². The Balaban J connectivity index is 1.54. The van der Waals surface area contributed by atoms with Crippen molar-refractivity contribution in [3.05, 3.63) is 112 Å². The van der Waals surface area contributed by atoms with Crippen molar-refractivity contribution in [2.75, 3.05) is 5.32 Å². The number of carboxylic acids is 1. The Kier molecular flexibility index (Phi) is 9.17. The number of carboxylic acid groups (broad SMARTS) is 1. The first-order chi connectivity index (χ1) is 19.0. The second-order valence-corrected chi connectivity index (χ2v) is 10.0. The Morgan fingerprint density at radius 3 is 2.05 bits per heavy atom. The first kappa shape index (κ1) is 29.2. The molecule has 0 radical (unpaired) electrons. The average Bonchev–Trinajstić information content (AvgIpc) is 2.91. The van der Waals surface area contributed by atoms with Crippen molar-refractivity contribution >= 4 is 40.6 Å².